The van der Waals surface area contributed by atoms with E-state index >= 15 is 0 Å². The second-order valence-corrected chi connectivity index (χ2v) is 3.80. The number of para-hydroxylation sites is 1. The Balaban J connectivity index is 1.87. The molecule has 0 aliphatic carbocycles. The largest absolute Gasteiger partial charge is 0.444 e. The Morgan fingerprint density at radius 3 is 2.67 bits per heavy atom. The molecule has 0 unspecified atom stereocenters. The monoisotopic (exact) mass is 246 g/mol. The van der Waals surface area contributed by atoms with E-state index in [1.165, 1.54) is 0 Å². The van der Waals surface area contributed by atoms with Crippen LogP contribution in [0.25, 0.3) is 0 Å². The van der Waals surface area contributed by atoms with Gasteiger partial charge in [-0.2, -0.15) is 0 Å². The van der Waals surface area contributed by atoms with Crippen molar-refractivity contribution in [3.63, 3.8) is 0 Å². The minimum atomic E-state index is -0.519. The molecule has 5 nitrogen and oxygen atoms in total. The number of carbonyl (C=O) groups is 1. The van der Waals surface area contributed by atoms with Crippen molar-refractivity contribution in [3.8, 4) is 5.75 Å². The first-order valence-corrected chi connectivity index (χ1v) is 5.59. The molecule has 0 saturated heterocycles. The summed E-state index contributed by atoms with van der Waals surface area (Å²) in [5.74, 6) is 1.72. The molecule has 0 radical (unpaired) electrons. The van der Waals surface area contributed by atoms with Gasteiger partial charge in [0.1, 0.15) is 11.5 Å². The standard InChI is InChI=1S/C13H14N2O3/c1-9-12(17-10(2)15-9)8-14-13(16)18-11-6-4-3-5-7-11/h3-7H,8H2,1-2H3,(H,14,16). The lowest BCUT2D eigenvalue weighted by atomic mass is 10.3. The Morgan fingerprint density at radius 2 is 2.06 bits per heavy atom. The number of aromatic nitrogens is 1. The van der Waals surface area contributed by atoms with Crippen LogP contribution in [0.5, 0.6) is 5.75 Å². The maximum atomic E-state index is 11.5. The van der Waals surface area contributed by atoms with Crippen LogP contribution in [0.2, 0.25) is 0 Å². The number of nitrogens with one attached hydrogen (secondary N) is 1. The zero-order valence-electron chi connectivity index (χ0n) is 10.3. The van der Waals surface area contributed by atoms with Gasteiger partial charge in [-0.25, -0.2) is 9.78 Å². The number of oxazole rings is 1. The molecule has 1 heterocycles. The van der Waals surface area contributed by atoms with E-state index in [1.54, 1.807) is 31.2 Å². The molecule has 5 heteroatoms. The zero-order valence-corrected chi connectivity index (χ0v) is 10.3. The predicted molar refractivity (Wildman–Crippen MR) is 65.3 cm³/mol. The first kappa shape index (κ1) is 12.2. The summed E-state index contributed by atoms with van der Waals surface area (Å²) < 4.78 is 10.4. The van der Waals surface area contributed by atoms with Crippen molar-refractivity contribution in [3.05, 3.63) is 47.7 Å². The third-order valence-electron chi connectivity index (χ3n) is 2.35. The second kappa shape index (κ2) is 5.35. The Bertz CT molecular complexity index is 534. The summed E-state index contributed by atoms with van der Waals surface area (Å²) in [6.45, 7) is 3.85. The van der Waals surface area contributed by atoms with Gasteiger partial charge in [-0.3, -0.25) is 0 Å². The average Bonchev–Trinajstić information content (AvgIpc) is 2.66. The van der Waals surface area contributed by atoms with Crippen LogP contribution in [0.15, 0.2) is 34.7 Å². The van der Waals surface area contributed by atoms with E-state index in [2.05, 4.69) is 10.3 Å². The molecule has 0 spiro atoms. The van der Waals surface area contributed by atoms with Gasteiger partial charge in [-0.1, -0.05) is 18.2 Å². The topological polar surface area (TPSA) is 64.4 Å². The molecule has 0 bridgehead atoms. The van der Waals surface area contributed by atoms with Crippen LogP contribution in [-0.2, 0) is 6.54 Å². The molecule has 1 amide bonds. The van der Waals surface area contributed by atoms with Crippen LogP contribution in [0.1, 0.15) is 17.3 Å². The molecule has 0 aliphatic rings. The quantitative estimate of drug-likeness (QED) is 0.904. The SMILES string of the molecule is Cc1nc(C)c(CNC(=O)Oc2ccccc2)o1. The molecule has 0 fully saturated rings. The highest BCUT2D eigenvalue weighted by Gasteiger charge is 2.09. The average molecular weight is 246 g/mol. The van der Waals surface area contributed by atoms with Gasteiger partial charge in [0.05, 0.1) is 12.2 Å². The van der Waals surface area contributed by atoms with Gasteiger partial charge in [0.2, 0.25) is 0 Å². The van der Waals surface area contributed by atoms with E-state index in [9.17, 15) is 4.79 Å². The van der Waals surface area contributed by atoms with E-state index in [0.29, 0.717) is 17.4 Å². The van der Waals surface area contributed by atoms with Crippen molar-refractivity contribution in [1.29, 1.82) is 0 Å². The molecule has 1 aromatic carbocycles. The van der Waals surface area contributed by atoms with Gasteiger partial charge in [-0.05, 0) is 19.1 Å². The molecule has 1 aromatic heterocycles. The maximum Gasteiger partial charge on any atom is 0.412 e. The van der Waals surface area contributed by atoms with Crippen LogP contribution in [0.3, 0.4) is 0 Å². The summed E-state index contributed by atoms with van der Waals surface area (Å²) in [5, 5.41) is 2.61. The lowest BCUT2D eigenvalue weighted by Crippen LogP contribution is -2.26. The van der Waals surface area contributed by atoms with Gasteiger partial charge in [0.25, 0.3) is 0 Å². The van der Waals surface area contributed by atoms with E-state index in [-0.39, 0.29) is 6.54 Å². The van der Waals surface area contributed by atoms with Crippen molar-refractivity contribution in [1.82, 2.24) is 10.3 Å². The number of hydrogen-bond donors (Lipinski definition) is 1. The molecule has 2 aromatic rings. The van der Waals surface area contributed by atoms with Crippen molar-refractivity contribution in [2.45, 2.75) is 20.4 Å². The van der Waals surface area contributed by atoms with E-state index < -0.39 is 6.09 Å². The van der Waals surface area contributed by atoms with Crippen molar-refractivity contribution in [2.75, 3.05) is 0 Å². The Labute approximate surface area is 105 Å². The van der Waals surface area contributed by atoms with Gasteiger partial charge in [0, 0.05) is 6.92 Å². The Hall–Kier alpha value is -2.30. The fraction of sp³-hybridized carbons (Fsp3) is 0.231. The summed E-state index contributed by atoms with van der Waals surface area (Å²) in [6, 6.07) is 8.87. The minimum absolute atomic E-state index is 0.262. The van der Waals surface area contributed by atoms with E-state index in [1.807, 2.05) is 13.0 Å². The van der Waals surface area contributed by atoms with Crippen molar-refractivity contribution >= 4 is 6.09 Å². The first-order valence-electron chi connectivity index (χ1n) is 5.59. The molecule has 0 atom stereocenters. The molecule has 94 valence electrons. The number of carbonyl (C=O) groups excluding carboxylic acids is 1. The summed E-state index contributed by atoms with van der Waals surface area (Å²) >= 11 is 0. The van der Waals surface area contributed by atoms with E-state index in [0.717, 1.165) is 5.69 Å². The minimum Gasteiger partial charge on any atom is -0.444 e. The summed E-state index contributed by atoms with van der Waals surface area (Å²) in [4.78, 5) is 15.6. The lowest BCUT2D eigenvalue weighted by Gasteiger charge is -2.05. The highest BCUT2D eigenvalue weighted by atomic mass is 16.6. The molecule has 0 aliphatic heterocycles. The first-order chi connectivity index (χ1) is 8.65. The number of rotatable bonds is 3. The molecule has 0 saturated carbocycles. The predicted octanol–water partition coefficient (Wildman–Crippen LogP) is 2.58. The van der Waals surface area contributed by atoms with Crippen molar-refractivity contribution < 1.29 is 13.9 Å². The molecule has 1 N–H and O–H groups in total. The van der Waals surface area contributed by atoms with Crippen LogP contribution in [0, 0.1) is 13.8 Å². The Kier molecular flexibility index (Phi) is 3.62. The van der Waals surface area contributed by atoms with Gasteiger partial charge in [0.15, 0.2) is 5.89 Å². The molecular formula is C13H14N2O3. The van der Waals surface area contributed by atoms with Crippen LogP contribution < -0.4 is 10.1 Å². The number of amides is 1. The van der Waals surface area contributed by atoms with Crippen LogP contribution in [-0.4, -0.2) is 11.1 Å². The zero-order chi connectivity index (χ0) is 13.0. The molecular weight excluding hydrogens is 232 g/mol. The van der Waals surface area contributed by atoms with Gasteiger partial charge >= 0.3 is 6.09 Å². The maximum absolute atomic E-state index is 11.5. The fourth-order valence-corrected chi connectivity index (χ4v) is 1.52. The van der Waals surface area contributed by atoms with Gasteiger partial charge < -0.3 is 14.5 Å². The van der Waals surface area contributed by atoms with Crippen LogP contribution in [0.4, 0.5) is 4.79 Å². The third-order valence-corrected chi connectivity index (χ3v) is 2.35. The highest BCUT2D eigenvalue weighted by molar-refractivity contribution is 5.70. The van der Waals surface area contributed by atoms with E-state index in [4.69, 9.17) is 9.15 Å². The number of aryl methyl sites for hydroxylation is 2. The van der Waals surface area contributed by atoms with Crippen LogP contribution >= 0.6 is 0 Å². The number of nitrogens with zero attached hydrogens (tertiary/aromatic N) is 1. The number of ether oxygens (including phenoxy) is 1. The Morgan fingerprint density at radius 1 is 1.33 bits per heavy atom. The smallest absolute Gasteiger partial charge is 0.412 e. The summed E-state index contributed by atoms with van der Waals surface area (Å²) in [5.41, 5.74) is 0.771. The number of hydrogen-bond acceptors (Lipinski definition) is 4. The lowest BCUT2D eigenvalue weighted by molar-refractivity contribution is 0.199. The van der Waals surface area contributed by atoms with Crippen molar-refractivity contribution in [2.24, 2.45) is 0 Å². The molecule has 2 rings (SSSR count). The second-order valence-electron chi connectivity index (χ2n) is 3.80. The highest BCUT2D eigenvalue weighted by Crippen LogP contribution is 2.10. The fourth-order valence-electron chi connectivity index (χ4n) is 1.52. The third kappa shape index (κ3) is 3.10. The summed E-state index contributed by atoms with van der Waals surface area (Å²) in [7, 11) is 0. The number of benzene rings is 1. The molecule has 18 heavy (non-hydrogen) atoms. The summed E-state index contributed by atoms with van der Waals surface area (Å²) in [6.07, 6.45) is -0.519. The normalized spacial score (nSPS) is 10.1. The van der Waals surface area contributed by atoms with Gasteiger partial charge in [-0.15, -0.1) is 0 Å².